The number of nitrogens with two attached hydrogens (primary N) is 1. The fourth-order valence-electron chi connectivity index (χ4n) is 1.71. The van der Waals surface area contributed by atoms with Crippen LogP contribution in [0.5, 0.6) is 0 Å². The van der Waals surface area contributed by atoms with Crippen LogP contribution in [0.25, 0.3) is 0 Å². The van der Waals surface area contributed by atoms with Gasteiger partial charge in [0, 0.05) is 30.1 Å². The van der Waals surface area contributed by atoms with E-state index in [2.05, 4.69) is 5.16 Å². The predicted octanol–water partition coefficient (Wildman–Crippen LogP) is 2.25. The zero-order valence-corrected chi connectivity index (χ0v) is 11.8. The number of hydrogen-bond donors (Lipinski definition) is 2. The highest BCUT2D eigenvalue weighted by molar-refractivity contribution is 6.31. The molecule has 3 N–H and O–H groups in total. The molecular formula is C13H18ClN3O2. The van der Waals surface area contributed by atoms with E-state index in [0.717, 1.165) is 5.56 Å². The monoisotopic (exact) mass is 283 g/mol. The minimum Gasteiger partial charge on any atom is -0.409 e. The van der Waals surface area contributed by atoms with Crippen molar-refractivity contribution in [2.75, 3.05) is 13.1 Å². The van der Waals surface area contributed by atoms with Gasteiger partial charge in [-0.3, -0.25) is 4.79 Å². The Kier molecular flexibility index (Phi) is 5.63. The van der Waals surface area contributed by atoms with Crippen molar-refractivity contribution in [3.8, 4) is 0 Å². The lowest BCUT2D eigenvalue weighted by Gasteiger charge is -2.21. The summed E-state index contributed by atoms with van der Waals surface area (Å²) < 4.78 is 0. The van der Waals surface area contributed by atoms with E-state index in [9.17, 15) is 4.79 Å². The van der Waals surface area contributed by atoms with Crippen molar-refractivity contribution in [2.45, 2.75) is 20.3 Å². The van der Waals surface area contributed by atoms with Crippen molar-refractivity contribution in [1.82, 2.24) is 4.90 Å². The molecule has 0 saturated heterocycles. The highest BCUT2D eigenvalue weighted by Gasteiger charge is 2.17. The van der Waals surface area contributed by atoms with Gasteiger partial charge in [0.1, 0.15) is 5.84 Å². The van der Waals surface area contributed by atoms with Crippen molar-refractivity contribution in [3.05, 3.63) is 34.3 Å². The molecule has 0 saturated carbocycles. The van der Waals surface area contributed by atoms with Crippen molar-refractivity contribution in [2.24, 2.45) is 10.9 Å². The quantitative estimate of drug-likeness (QED) is 0.376. The minimum absolute atomic E-state index is 0.103. The van der Waals surface area contributed by atoms with Gasteiger partial charge < -0.3 is 15.8 Å². The van der Waals surface area contributed by atoms with E-state index in [4.69, 9.17) is 22.5 Å². The maximum atomic E-state index is 12.4. The number of rotatable bonds is 5. The van der Waals surface area contributed by atoms with Crippen LogP contribution in [-0.4, -0.2) is 34.9 Å². The molecule has 0 spiro atoms. The summed E-state index contributed by atoms with van der Waals surface area (Å²) in [5.41, 5.74) is 6.75. The summed E-state index contributed by atoms with van der Waals surface area (Å²) in [6.45, 7) is 4.64. The number of carbonyl (C=O) groups excluding carboxylic acids is 1. The lowest BCUT2D eigenvalue weighted by Crippen LogP contribution is -2.34. The molecule has 1 aromatic carbocycles. The van der Waals surface area contributed by atoms with Crippen LogP contribution in [0.3, 0.4) is 0 Å². The van der Waals surface area contributed by atoms with E-state index >= 15 is 0 Å². The molecule has 19 heavy (non-hydrogen) atoms. The van der Waals surface area contributed by atoms with Crippen molar-refractivity contribution in [3.63, 3.8) is 0 Å². The van der Waals surface area contributed by atoms with Gasteiger partial charge >= 0.3 is 0 Å². The van der Waals surface area contributed by atoms with E-state index in [1.807, 2.05) is 13.8 Å². The third kappa shape index (κ3) is 3.86. The molecule has 1 amide bonds. The van der Waals surface area contributed by atoms with Gasteiger partial charge in [-0.1, -0.05) is 22.8 Å². The number of amidine groups is 1. The van der Waals surface area contributed by atoms with Gasteiger partial charge in [-0.2, -0.15) is 0 Å². The topological polar surface area (TPSA) is 78.9 Å². The van der Waals surface area contributed by atoms with Gasteiger partial charge in [0.25, 0.3) is 5.91 Å². The summed E-state index contributed by atoms with van der Waals surface area (Å²) in [5, 5.41) is 12.0. The number of oxime groups is 1. The van der Waals surface area contributed by atoms with E-state index < -0.39 is 0 Å². The molecule has 0 bridgehead atoms. The summed E-state index contributed by atoms with van der Waals surface area (Å²) in [6, 6.07) is 5.25. The van der Waals surface area contributed by atoms with Crippen LogP contribution in [0.1, 0.15) is 29.3 Å². The third-order valence-electron chi connectivity index (χ3n) is 2.93. The van der Waals surface area contributed by atoms with Gasteiger partial charge in [-0.15, -0.1) is 0 Å². The standard InChI is InChI=1S/C13H18ClN3O2/c1-3-17(8-7-12(15)16-19)13(18)10-5-4-6-11(14)9(10)2/h4-6,19H,3,7-8H2,1-2H3,(H2,15,16). The third-order valence-corrected chi connectivity index (χ3v) is 3.34. The summed E-state index contributed by atoms with van der Waals surface area (Å²) in [6.07, 6.45) is 0.329. The second-order valence-electron chi connectivity index (χ2n) is 4.14. The molecule has 5 nitrogen and oxygen atoms in total. The zero-order chi connectivity index (χ0) is 14.4. The molecule has 0 fully saturated rings. The Labute approximate surface area is 117 Å². The Hall–Kier alpha value is -1.75. The number of halogens is 1. The second kappa shape index (κ2) is 6.99. The molecule has 1 aromatic rings. The first kappa shape index (κ1) is 15.3. The summed E-state index contributed by atoms with van der Waals surface area (Å²) in [5.74, 6) is 0.00214. The van der Waals surface area contributed by atoms with Crippen molar-refractivity contribution in [1.29, 1.82) is 0 Å². The molecule has 1 rings (SSSR count). The largest absolute Gasteiger partial charge is 0.409 e. The lowest BCUT2D eigenvalue weighted by atomic mass is 10.1. The molecule has 0 atom stereocenters. The van der Waals surface area contributed by atoms with Crippen LogP contribution in [0.15, 0.2) is 23.4 Å². The zero-order valence-electron chi connectivity index (χ0n) is 11.1. The predicted molar refractivity (Wildman–Crippen MR) is 75.8 cm³/mol. The SMILES string of the molecule is CCN(CC/C(N)=N/O)C(=O)c1cccc(Cl)c1C. The van der Waals surface area contributed by atoms with Crippen molar-refractivity contribution < 1.29 is 10.0 Å². The van der Waals surface area contributed by atoms with Crippen LogP contribution >= 0.6 is 11.6 Å². The Bertz CT molecular complexity index is 489. The number of nitrogens with zero attached hydrogens (tertiary/aromatic N) is 2. The minimum atomic E-state index is -0.103. The van der Waals surface area contributed by atoms with E-state index in [-0.39, 0.29) is 11.7 Å². The highest BCUT2D eigenvalue weighted by atomic mass is 35.5. The van der Waals surface area contributed by atoms with E-state index in [1.165, 1.54) is 0 Å². The fourth-order valence-corrected chi connectivity index (χ4v) is 1.89. The van der Waals surface area contributed by atoms with Gasteiger partial charge in [0.2, 0.25) is 0 Å². The Balaban J connectivity index is 2.87. The molecule has 0 aromatic heterocycles. The second-order valence-corrected chi connectivity index (χ2v) is 4.55. The maximum Gasteiger partial charge on any atom is 0.254 e. The number of amides is 1. The Morgan fingerprint density at radius 2 is 2.21 bits per heavy atom. The molecule has 0 radical (unpaired) electrons. The van der Waals surface area contributed by atoms with Gasteiger partial charge in [0.15, 0.2) is 0 Å². The lowest BCUT2D eigenvalue weighted by molar-refractivity contribution is 0.0767. The van der Waals surface area contributed by atoms with Crippen LogP contribution in [0.4, 0.5) is 0 Å². The number of benzene rings is 1. The highest BCUT2D eigenvalue weighted by Crippen LogP contribution is 2.20. The van der Waals surface area contributed by atoms with Crippen LogP contribution < -0.4 is 5.73 Å². The van der Waals surface area contributed by atoms with Crippen LogP contribution in [0.2, 0.25) is 5.02 Å². The Morgan fingerprint density at radius 1 is 1.53 bits per heavy atom. The molecular weight excluding hydrogens is 266 g/mol. The maximum absolute atomic E-state index is 12.4. The molecule has 6 heteroatoms. The molecule has 0 heterocycles. The van der Waals surface area contributed by atoms with Crippen LogP contribution in [-0.2, 0) is 0 Å². The molecule has 0 unspecified atom stereocenters. The first-order valence-electron chi connectivity index (χ1n) is 6.02. The molecule has 0 aliphatic rings. The summed E-state index contributed by atoms with van der Waals surface area (Å²) >= 11 is 6.01. The number of hydrogen-bond acceptors (Lipinski definition) is 3. The van der Waals surface area contributed by atoms with Gasteiger partial charge in [-0.25, -0.2) is 0 Å². The normalized spacial score (nSPS) is 11.4. The smallest absolute Gasteiger partial charge is 0.254 e. The average molecular weight is 284 g/mol. The van der Waals surface area contributed by atoms with E-state index in [1.54, 1.807) is 23.1 Å². The van der Waals surface area contributed by atoms with E-state index in [0.29, 0.717) is 30.1 Å². The van der Waals surface area contributed by atoms with Crippen LogP contribution in [0, 0.1) is 6.92 Å². The first-order valence-corrected chi connectivity index (χ1v) is 6.39. The fraction of sp³-hybridized carbons (Fsp3) is 0.385. The first-order chi connectivity index (χ1) is 9.01. The van der Waals surface area contributed by atoms with Crippen molar-refractivity contribution >= 4 is 23.3 Å². The van der Waals surface area contributed by atoms with Gasteiger partial charge in [-0.05, 0) is 31.5 Å². The summed E-state index contributed by atoms with van der Waals surface area (Å²) in [4.78, 5) is 14.0. The molecule has 0 aliphatic carbocycles. The molecule has 104 valence electrons. The Morgan fingerprint density at radius 3 is 2.79 bits per heavy atom. The summed E-state index contributed by atoms with van der Waals surface area (Å²) in [7, 11) is 0. The van der Waals surface area contributed by atoms with Gasteiger partial charge in [0.05, 0.1) is 0 Å². The molecule has 0 aliphatic heterocycles. The number of carbonyl (C=O) groups is 1. The average Bonchev–Trinajstić information content (AvgIpc) is 2.41.